The van der Waals surface area contributed by atoms with E-state index in [1.165, 1.54) is 0 Å². The van der Waals surface area contributed by atoms with Gasteiger partial charge in [-0.25, -0.2) is 0 Å². The van der Waals surface area contributed by atoms with Gasteiger partial charge in [-0.05, 0) is 24.3 Å². The standard InChI is InChI=1S/C18H23N3O3/c1-12(2)16(23)19-15-6-4-14(5-7-15)17(24)21-10-18(11-21)8-20(9-18)13(3)22/h4-7,12H,8-11H2,1-3H3,(H,19,23). The smallest absolute Gasteiger partial charge is 0.253 e. The van der Waals surface area contributed by atoms with Crippen LogP contribution in [0.2, 0.25) is 0 Å². The Bertz CT molecular complexity index is 667. The molecule has 0 aromatic heterocycles. The van der Waals surface area contributed by atoms with Crippen LogP contribution in [0.15, 0.2) is 24.3 Å². The summed E-state index contributed by atoms with van der Waals surface area (Å²) in [6, 6.07) is 6.99. The van der Waals surface area contributed by atoms with Crippen molar-refractivity contribution >= 4 is 23.4 Å². The molecule has 0 aliphatic carbocycles. The van der Waals surface area contributed by atoms with E-state index in [1.807, 2.05) is 23.6 Å². The zero-order chi connectivity index (χ0) is 17.5. The first-order valence-electron chi connectivity index (χ1n) is 8.25. The van der Waals surface area contributed by atoms with Crippen molar-refractivity contribution in [1.29, 1.82) is 0 Å². The Hall–Kier alpha value is -2.37. The van der Waals surface area contributed by atoms with Crippen LogP contribution in [0.25, 0.3) is 0 Å². The highest BCUT2D eigenvalue weighted by Gasteiger charge is 2.53. The molecule has 0 atom stereocenters. The van der Waals surface area contributed by atoms with Gasteiger partial charge in [0, 0.05) is 55.7 Å². The number of amides is 3. The van der Waals surface area contributed by atoms with Gasteiger partial charge in [-0.1, -0.05) is 13.8 Å². The molecule has 1 aromatic carbocycles. The van der Waals surface area contributed by atoms with Crippen molar-refractivity contribution in [1.82, 2.24) is 9.80 Å². The molecule has 1 aromatic rings. The lowest BCUT2D eigenvalue weighted by Gasteiger charge is -2.60. The molecular weight excluding hydrogens is 306 g/mol. The van der Waals surface area contributed by atoms with Crippen LogP contribution in [0.4, 0.5) is 5.69 Å². The molecule has 1 spiro atoms. The van der Waals surface area contributed by atoms with Crippen molar-refractivity contribution in [3.63, 3.8) is 0 Å². The maximum absolute atomic E-state index is 12.5. The number of hydrogen-bond acceptors (Lipinski definition) is 3. The van der Waals surface area contributed by atoms with Gasteiger partial charge in [0.05, 0.1) is 0 Å². The number of anilines is 1. The molecule has 3 rings (SSSR count). The predicted octanol–water partition coefficient (Wildman–Crippen LogP) is 1.59. The molecule has 2 aliphatic rings. The van der Waals surface area contributed by atoms with E-state index >= 15 is 0 Å². The third-order valence-corrected chi connectivity index (χ3v) is 4.76. The van der Waals surface area contributed by atoms with Crippen LogP contribution in [0.3, 0.4) is 0 Å². The molecule has 6 heteroatoms. The second-order valence-electron chi connectivity index (χ2n) is 7.26. The van der Waals surface area contributed by atoms with E-state index in [9.17, 15) is 14.4 Å². The molecule has 24 heavy (non-hydrogen) atoms. The summed E-state index contributed by atoms with van der Waals surface area (Å²) in [4.78, 5) is 39.0. The number of nitrogens with zero attached hydrogens (tertiary/aromatic N) is 2. The van der Waals surface area contributed by atoms with E-state index in [0.717, 1.165) is 13.1 Å². The molecule has 1 N–H and O–H groups in total. The van der Waals surface area contributed by atoms with Gasteiger partial charge in [0.2, 0.25) is 11.8 Å². The van der Waals surface area contributed by atoms with Crippen molar-refractivity contribution in [2.45, 2.75) is 20.8 Å². The van der Waals surface area contributed by atoms with Crippen LogP contribution in [0.5, 0.6) is 0 Å². The minimum absolute atomic E-state index is 0.00337. The molecule has 3 amide bonds. The predicted molar refractivity (Wildman–Crippen MR) is 90.5 cm³/mol. The highest BCUT2D eigenvalue weighted by Crippen LogP contribution is 2.40. The van der Waals surface area contributed by atoms with Crippen LogP contribution in [0, 0.1) is 11.3 Å². The van der Waals surface area contributed by atoms with Crippen LogP contribution in [-0.4, -0.2) is 53.7 Å². The SMILES string of the molecule is CC(=O)N1CC2(C1)CN(C(=O)c1ccc(NC(=O)C(C)C)cc1)C2. The van der Waals surface area contributed by atoms with Gasteiger partial charge in [-0.3, -0.25) is 14.4 Å². The Kier molecular flexibility index (Phi) is 4.07. The van der Waals surface area contributed by atoms with E-state index in [-0.39, 0.29) is 29.1 Å². The Balaban J connectivity index is 1.54. The van der Waals surface area contributed by atoms with Crippen molar-refractivity contribution < 1.29 is 14.4 Å². The van der Waals surface area contributed by atoms with Gasteiger partial charge < -0.3 is 15.1 Å². The second kappa shape index (κ2) is 5.92. The Morgan fingerprint density at radius 2 is 1.54 bits per heavy atom. The molecule has 128 valence electrons. The molecule has 0 radical (unpaired) electrons. The number of hydrogen-bond donors (Lipinski definition) is 1. The Labute approximate surface area is 141 Å². The number of likely N-dealkylation sites (tertiary alicyclic amines) is 2. The summed E-state index contributed by atoms with van der Waals surface area (Å²) in [7, 11) is 0. The summed E-state index contributed by atoms with van der Waals surface area (Å²) in [5.41, 5.74) is 1.43. The molecule has 2 fully saturated rings. The normalized spacial score (nSPS) is 18.2. The molecular formula is C18H23N3O3. The van der Waals surface area contributed by atoms with Gasteiger partial charge in [0.25, 0.3) is 5.91 Å². The molecule has 2 saturated heterocycles. The Morgan fingerprint density at radius 3 is 2.04 bits per heavy atom. The van der Waals surface area contributed by atoms with Gasteiger partial charge in [0.1, 0.15) is 0 Å². The number of benzene rings is 1. The highest BCUT2D eigenvalue weighted by molar-refractivity contribution is 5.96. The van der Waals surface area contributed by atoms with Crippen molar-refractivity contribution in [3.8, 4) is 0 Å². The lowest BCUT2D eigenvalue weighted by Crippen LogP contribution is -2.73. The lowest BCUT2D eigenvalue weighted by atomic mass is 9.72. The van der Waals surface area contributed by atoms with Crippen LogP contribution in [-0.2, 0) is 9.59 Å². The first-order valence-corrected chi connectivity index (χ1v) is 8.25. The quantitative estimate of drug-likeness (QED) is 0.915. The average Bonchev–Trinajstić information content (AvgIpc) is 2.44. The number of carbonyl (C=O) groups is 3. The molecule has 0 bridgehead atoms. The molecule has 0 saturated carbocycles. The Morgan fingerprint density at radius 1 is 1.00 bits per heavy atom. The van der Waals surface area contributed by atoms with Crippen LogP contribution in [0.1, 0.15) is 31.1 Å². The summed E-state index contributed by atoms with van der Waals surface area (Å²) < 4.78 is 0. The zero-order valence-electron chi connectivity index (χ0n) is 14.3. The third-order valence-electron chi connectivity index (χ3n) is 4.76. The van der Waals surface area contributed by atoms with Gasteiger partial charge in [-0.2, -0.15) is 0 Å². The van der Waals surface area contributed by atoms with E-state index in [2.05, 4.69) is 5.32 Å². The second-order valence-corrected chi connectivity index (χ2v) is 7.26. The summed E-state index contributed by atoms with van der Waals surface area (Å²) in [5.74, 6) is -0.0209. The lowest BCUT2D eigenvalue weighted by molar-refractivity contribution is -0.152. The van der Waals surface area contributed by atoms with E-state index in [0.29, 0.717) is 24.3 Å². The van der Waals surface area contributed by atoms with Crippen molar-refractivity contribution in [3.05, 3.63) is 29.8 Å². The van der Waals surface area contributed by atoms with Crippen LogP contribution >= 0.6 is 0 Å². The van der Waals surface area contributed by atoms with Gasteiger partial charge in [0.15, 0.2) is 0 Å². The van der Waals surface area contributed by atoms with Crippen molar-refractivity contribution in [2.24, 2.45) is 11.3 Å². The fraction of sp³-hybridized carbons (Fsp3) is 0.500. The molecule has 6 nitrogen and oxygen atoms in total. The number of rotatable bonds is 3. The van der Waals surface area contributed by atoms with Crippen LogP contribution < -0.4 is 5.32 Å². The minimum atomic E-state index is -0.0827. The van der Waals surface area contributed by atoms with Crippen molar-refractivity contribution in [2.75, 3.05) is 31.5 Å². The van der Waals surface area contributed by atoms with Gasteiger partial charge in [-0.15, -0.1) is 0 Å². The molecule has 2 aliphatic heterocycles. The number of nitrogens with one attached hydrogen (secondary N) is 1. The maximum atomic E-state index is 12.5. The fourth-order valence-corrected chi connectivity index (χ4v) is 3.26. The highest BCUT2D eigenvalue weighted by atomic mass is 16.2. The van der Waals surface area contributed by atoms with Gasteiger partial charge >= 0.3 is 0 Å². The zero-order valence-corrected chi connectivity index (χ0v) is 14.3. The van der Waals surface area contributed by atoms with E-state index in [4.69, 9.17) is 0 Å². The third kappa shape index (κ3) is 3.00. The largest absolute Gasteiger partial charge is 0.341 e. The fourth-order valence-electron chi connectivity index (χ4n) is 3.26. The first-order chi connectivity index (χ1) is 11.3. The van der Waals surface area contributed by atoms with E-state index < -0.39 is 0 Å². The summed E-state index contributed by atoms with van der Waals surface area (Å²) in [5, 5.41) is 2.81. The molecule has 2 heterocycles. The van der Waals surface area contributed by atoms with E-state index in [1.54, 1.807) is 31.2 Å². The summed E-state index contributed by atoms with van der Waals surface area (Å²) in [6.45, 7) is 8.18. The maximum Gasteiger partial charge on any atom is 0.253 e. The minimum Gasteiger partial charge on any atom is -0.341 e. The number of carbonyl (C=O) groups excluding carboxylic acids is 3. The monoisotopic (exact) mass is 329 g/mol. The summed E-state index contributed by atoms with van der Waals surface area (Å²) in [6.07, 6.45) is 0. The topological polar surface area (TPSA) is 69.7 Å². The first kappa shape index (κ1) is 16.5. The molecule has 0 unspecified atom stereocenters. The summed E-state index contributed by atoms with van der Waals surface area (Å²) >= 11 is 0. The average molecular weight is 329 g/mol.